The van der Waals surface area contributed by atoms with E-state index in [0.717, 1.165) is 37.8 Å². The molecule has 0 aliphatic heterocycles. The number of hydrogen-bond donors (Lipinski definition) is 2. The lowest BCUT2D eigenvalue weighted by molar-refractivity contribution is 0.271. The van der Waals surface area contributed by atoms with Crippen molar-refractivity contribution < 1.29 is 4.74 Å². The van der Waals surface area contributed by atoms with E-state index in [9.17, 15) is 0 Å². The molecule has 27 heavy (non-hydrogen) atoms. The highest BCUT2D eigenvalue weighted by atomic mass is 127. The number of benzene rings is 1. The van der Waals surface area contributed by atoms with Crippen LogP contribution in [-0.2, 0) is 6.54 Å². The van der Waals surface area contributed by atoms with Crippen LogP contribution in [0.4, 0.5) is 0 Å². The first-order valence-corrected chi connectivity index (χ1v) is 9.24. The summed E-state index contributed by atoms with van der Waals surface area (Å²) in [5.41, 5.74) is 1.20. The van der Waals surface area contributed by atoms with Crippen molar-refractivity contribution in [1.29, 1.82) is 0 Å². The van der Waals surface area contributed by atoms with Crippen molar-refractivity contribution in [2.24, 2.45) is 10.9 Å². The van der Waals surface area contributed by atoms with Crippen LogP contribution in [0.2, 0.25) is 0 Å². The normalized spacial score (nSPS) is 12.4. The second-order valence-corrected chi connectivity index (χ2v) is 6.79. The SMILES string of the molecule is CN=C(NCCCn1ccnc1)NC(C)c1ccc(OCC(C)C)cc1.I. The van der Waals surface area contributed by atoms with Gasteiger partial charge in [-0.2, -0.15) is 0 Å². The van der Waals surface area contributed by atoms with E-state index in [-0.39, 0.29) is 30.0 Å². The highest BCUT2D eigenvalue weighted by Crippen LogP contribution is 2.18. The van der Waals surface area contributed by atoms with E-state index in [4.69, 9.17) is 4.74 Å². The topological polar surface area (TPSA) is 63.5 Å². The van der Waals surface area contributed by atoms with Gasteiger partial charge in [0.25, 0.3) is 0 Å². The second kappa shape index (κ2) is 12.6. The summed E-state index contributed by atoms with van der Waals surface area (Å²) in [5.74, 6) is 2.25. The van der Waals surface area contributed by atoms with Crippen LogP contribution in [0.1, 0.15) is 38.8 Å². The molecule has 7 heteroatoms. The van der Waals surface area contributed by atoms with E-state index in [0.29, 0.717) is 5.92 Å². The molecule has 2 aromatic rings. The van der Waals surface area contributed by atoms with Gasteiger partial charge in [0.15, 0.2) is 5.96 Å². The van der Waals surface area contributed by atoms with E-state index < -0.39 is 0 Å². The Kier molecular flexibility index (Phi) is 10.8. The van der Waals surface area contributed by atoms with Gasteiger partial charge in [0.2, 0.25) is 0 Å². The first-order chi connectivity index (χ1) is 12.6. The zero-order chi connectivity index (χ0) is 18.8. The fraction of sp³-hybridized carbons (Fsp3) is 0.500. The molecule has 1 aromatic heterocycles. The lowest BCUT2D eigenvalue weighted by Crippen LogP contribution is -2.39. The Bertz CT molecular complexity index is 656. The van der Waals surface area contributed by atoms with Crippen molar-refractivity contribution in [3.05, 3.63) is 48.5 Å². The molecule has 1 heterocycles. The zero-order valence-electron chi connectivity index (χ0n) is 16.7. The third kappa shape index (κ3) is 8.64. The third-order valence-electron chi connectivity index (χ3n) is 3.98. The monoisotopic (exact) mass is 485 g/mol. The molecule has 0 aliphatic rings. The van der Waals surface area contributed by atoms with Crippen molar-refractivity contribution in [2.45, 2.75) is 39.8 Å². The number of aromatic nitrogens is 2. The number of nitrogens with one attached hydrogen (secondary N) is 2. The van der Waals surface area contributed by atoms with Gasteiger partial charge in [-0.3, -0.25) is 4.99 Å². The van der Waals surface area contributed by atoms with Crippen molar-refractivity contribution in [1.82, 2.24) is 20.2 Å². The van der Waals surface area contributed by atoms with Crippen molar-refractivity contribution in [3.8, 4) is 5.75 Å². The molecule has 0 bridgehead atoms. The molecule has 2 rings (SSSR count). The van der Waals surface area contributed by atoms with Crippen LogP contribution in [0.15, 0.2) is 48.0 Å². The van der Waals surface area contributed by atoms with E-state index in [1.807, 2.05) is 24.7 Å². The lowest BCUT2D eigenvalue weighted by atomic mass is 10.1. The lowest BCUT2D eigenvalue weighted by Gasteiger charge is -2.19. The number of ether oxygens (including phenoxy) is 1. The minimum Gasteiger partial charge on any atom is -0.493 e. The fourth-order valence-electron chi connectivity index (χ4n) is 2.49. The largest absolute Gasteiger partial charge is 0.493 e. The molecule has 6 nitrogen and oxygen atoms in total. The van der Waals surface area contributed by atoms with Gasteiger partial charge in [0.05, 0.1) is 19.0 Å². The molecular weight excluding hydrogens is 453 g/mol. The molecule has 0 aliphatic carbocycles. The van der Waals surface area contributed by atoms with E-state index in [1.165, 1.54) is 5.56 Å². The quantitative estimate of drug-likeness (QED) is 0.245. The molecule has 0 radical (unpaired) electrons. The number of halogens is 1. The minimum absolute atomic E-state index is 0. The van der Waals surface area contributed by atoms with Crippen molar-refractivity contribution in [2.75, 3.05) is 20.2 Å². The predicted molar refractivity (Wildman–Crippen MR) is 122 cm³/mol. The Morgan fingerprint density at radius 3 is 2.56 bits per heavy atom. The molecular formula is C20H32IN5O. The number of guanidine groups is 1. The Labute approximate surface area is 179 Å². The number of aryl methyl sites for hydroxylation is 1. The van der Waals surface area contributed by atoms with Crippen LogP contribution in [0, 0.1) is 5.92 Å². The summed E-state index contributed by atoms with van der Waals surface area (Å²) >= 11 is 0. The van der Waals surface area contributed by atoms with Gasteiger partial charge in [-0.15, -0.1) is 24.0 Å². The molecule has 1 unspecified atom stereocenters. The van der Waals surface area contributed by atoms with Gasteiger partial charge in [-0.1, -0.05) is 26.0 Å². The number of imidazole rings is 1. The van der Waals surface area contributed by atoms with Gasteiger partial charge in [-0.05, 0) is 37.0 Å². The molecule has 2 N–H and O–H groups in total. The maximum absolute atomic E-state index is 5.74. The summed E-state index contributed by atoms with van der Waals surface area (Å²) in [6.45, 7) is 8.96. The molecule has 0 fully saturated rings. The van der Waals surface area contributed by atoms with Crippen LogP contribution >= 0.6 is 24.0 Å². The van der Waals surface area contributed by atoms with Crippen molar-refractivity contribution in [3.63, 3.8) is 0 Å². The maximum Gasteiger partial charge on any atom is 0.191 e. The average molecular weight is 485 g/mol. The van der Waals surface area contributed by atoms with E-state index in [2.05, 4.69) is 58.1 Å². The summed E-state index contributed by atoms with van der Waals surface area (Å²) in [6.07, 6.45) is 6.62. The van der Waals surface area contributed by atoms with Gasteiger partial charge in [-0.25, -0.2) is 4.98 Å². The van der Waals surface area contributed by atoms with Gasteiger partial charge in [0, 0.05) is 32.5 Å². The number of nitrogens with zero attached hydrogens (tertiary/aromatic N) is 3. The van der Waals surface area contributed by atoms with Crippen LogP contribution in [0.3, 0.4) is 0 Å². The number of rotatable bonds is 9. The summed E-state index contributed by atoms with van der Waals surface area (Å²) in [4.78, 5) is 8.35. The van der Waals surface area contributed by atoms with Gasteiger partial charge < -0.3 is 19.9 Å². The van der Waals surface area contributed by atoms with Crippen LogP contribution in [0.5, 0.6) is 5.75 Å². The smallest absolute Gasteiger partial charge is 0.191 e. The zero-order valence-corrected chi connectivity index (χ0v) is 19.0. The molecule has 0 saturated heterocycles. The third-order valence-corrected chi connectivity index (χ3v) is 3.98. The summed E-state index contributed by atoms with van der Waals surface area (Å²) in [7, 11) is 1.79. The molecule has 0 spiro atoms. The van der Waals surface area contributed by atoms with Crippen LogP contribution < -0.4 is 15.4 Å². The second-order valence-electron chi connectivity index (χ2n) is 6.79. The van der Waals surface area contributed by atoms with Gasteiger partial charge in [0.1, 0.15) is 5.75 Å². The average Bonchev–Trinajstić information content (AvgIpc) is 3.16. The fourth-order valence-corrected chi connectivity index (χ4v) is 2.49. The van der Waals surface area contributed by atoms with E-state index in [1.54, 1.807) is 13.2 Å². The summed E-state index contributed by atoms with van der Waals surface area (Å²) < 4.78 is 7.81. The number of aliphatic imine (C=N–C) groups is 1. The minimum atomic E-state index is 0. The summed E-state index contributed by atoms with van der Waals surface area (Å²) in [6, 6.07) is 8.40. The summed E-state index contributed by atoms with van der Waals surface area (Å²) in [5, 5.41) is 6.78. The van der Waals surface area contributed by atoms with Gasteiger partial charge >= 0.3 is 0 Å². The first kappa shape index (κ1) is 23.3. The maximum atomic E-state index is 5.74. The van der Waals surface area contributed by atoms with Crippen molar-refractivity contribution >= 4 is 29.9 Å². The molecule has 0 saturated carbocycles. The standard InChI is InChI=1S/C20H31N5O.HI/c1-16(2)14-26-19-8-6-18(7-9-19)17(3)24-20(21-4)23-10-5-12-25-13-11-22-15-25;/h6-9,11,13,15-17H,5,10,12,14H2,1-4H3,(H2,21,23,24);1H. The Morgan fingerprint density at radius 1 is 1.22 bits per heavy atom. The predicted octanol–water partition coefficient (Wildman–Crippen LogP) is 3.85. The first-order valence-electron chi connectivity index (χ1n) is 9.24. The molecule has 1 aromatic carbocycles. The Morgan fingerprint density at radius 2 is 1.96 bits per heavy atom. The highest BCUT2D eigenvalue weighted by Gasteiger charge is 2.08. The highest BCUT2D eigenvalue weighted by molar-refractivity contribution is 14.0. The Hall–Kier alpha value is -1.77. The molecule has 150 valence electrons. The molecule has 1 atom stereocenters. The number of hydrogen-bond acceptors (Lipinski definition) is 3. The van der Waals surface area contributed by atoms with Crippen LogP contribution in [0.25, 0.3) is 0 Å². The van der Waals surface area contributed by atoms with E-state index >= 15 is 0 Å². The Balaban J connectivity index is 0.00000364. The molecule has 0 amide bonds. The van der Waals surface area contributed by atoms with Crippen LogP contribution in [-0.4, -0.2) is 35.7 Å².